The Morgan fingerprint density at radius 1 is 0.938 bits per heavy atom. The molecule has 2 aromatic rings. The number of halogens is 5. The number of ether oxygens (including phenoxy) is 2. The maximum Gasteiger partial charge on any atom is 0.313 e. The molecule has 0 bridgehead atoms. The predicted octanol–water partition coefficient (Wildman–Crippen LogP) is 5.99. The molecule has 3 amide bonds. The number of likely N-dealkylation sites (tertiary alicyclic amines) is 1. The normalized spacial score (nSPS) is 13.5. The Kier molecular flexibility index (Phi) is 17.1. The molecular formula is C33H42ClF4N3O7. The van der Waals surface area contributed by atoms with Crippen molar-refractivity contribution in [3.8, 4) is 5.75 Å². The molecule has 15 heteroatoms. The summed E-state index contributed by atoms with van der Waals surface area (Å²) in [5.41, 5.74) is -0.701. The van der Waals surface area contributed by atoms with E-state index >= 15 is 0 Å². The standard InChI is InChI=1S/C29H30ClF4N3O7.2C2H6/c1-29(2,3)44-22(39)13-20(21(38)14-43-25-23(33)17(31)12-18(32)24(25)34)36-26(40)15-8-10-37(11-9-15)28(42)27(41)35-19-7-5-4-6-16(19)30;2*1-2/h4-7,12,15,20H,8-11,13-14H2,1-3H3,(H,35,41)(H,36,40);2*1-2H3. The summed E-state index contributed by atoms with van der Waals surface area (Å²) in [5.74, 6) is -13.9. The maximum atomic E-state index is 14.0. The topological polar surface area (TPSA) is 131 Å². The fourth-order valence-corrected chi connectivity index (χ4v) is 4.42. The molecule has 1 atom stereocenters. The third-order valence-electron chi connectivity index (χ3n) is 6.40. The van der Waals surface area contributed by atoms with Gasteiger partial charge in [-0.25, -0.2) is 8.78 Å². The van der Waals surface area contributed by atoms with E-state index in [4.69, 9.17) is 21.1 Å². The fourth-order valence-electron chi connectivity index (χ4n) is 4.23. The Morgan fingerprint density at radius 3 is 2.00 bits per heavy atom. The zero-order valence-corrected chi connectivity index (χ0v) is 28.7. The Labute approximate surface area is 282 Å². The van der Waals surface area contributed by atoms with Gasteiger partial charge >= 0.3 is 17.8 Å². The maximum absolute atomic E-state index is 14.0. The summed E-state index contributed by atoms with van der Waals surface area (Å²) in [5, 5.41) is 5.06. The smallest absolute Gasteiger partial charge is 0.313 e. The van der Waals surface area contributed by atoms with Gasteiger partial charge in [0.1, 0.15) is 18.2 Å². The van der Waals surface area contributed by atoms with Crippen molar-refractivity contribution in [2.45, 2.75) is 79.4 Å². The van der Waals surface area contributed by atoms with E-state index in [1.165, 1.54) is 17.0 Å². The lowest BCUT2D eigenvalue weighted by atomic mass is 9.95. The average Bonchev–Trinajstić information content (AvgIpc) is 3.05. The molecule has 0 saturated carbocycles. The zero-order valence-electron chi connectivity index (χ0n) is 28.0. The van der Waals surface area contributed by atoms with Crippen LogP contribution in [0.25, 0.3) is 0 Å². The monoisotopic (exact) mass is 703 g/mol. The van der Waals surface area contributed by atoms with Crippen LogP contribution in [0.15, 0.2) is 30.3 Å². The zero-order chi connectivity index (χ0) is 36.8. The number of hydrogen-bond acceptors (Lipinski definition) is 7. The van der Waals surface area contributed by atoms with Crippen molar-refractivity contribution >= 4 is 46.8 Å². The molecule has 1 aliphatic heterocycles. The number of Topliss-reactive ketones (excluding diaryl/α,β-unsaturated/α-hetero) is 1. The lowest BCUT2D eigenvalue weighted by Crippen LogP contribution is -2.50. The number of ketones is 1. The van der Waals surface area contributed by atoms with E-state index in [0.717, 1.165) is 0 Å². The summed E-state index contributed by atoms with van der Waals surface area (Å²) >= 11 is 6.01. The van der Waals surface area contributed by atoms with Gasteiger partial charge in [0.15, 0.2) is 23.2 Å². The third-order valence-corrected chi connectivity index (χ3v) is 6.73. The number of amides is 3. The van der Waals surface area contributed by atoms with E-state index in [2.05, 4.69) is 10.6 Å². The number of para-hydroxylation sites is 1. The minimum atomic E-state index is -1.87. The number of esters is 1. The third kappa shape index (κ3) is 12.4. The second-order valence-electron chi connectivity index (χ2n) is 10.9. The number of hydrogen-bond donors (Lipinski definition) is 2. The largest absolute Gasteiger partial charge is 0.479 e. The van der Waals surface area contributed by atoms with Crippen molar-refractivity contribution in [1.82, 2.24) is 10.2 Å². The molecule has 10 nitrogen and oxygen atoms in total. The molecule has 0 aliphatic carbocycles. The van der Waals surface area contributed by atoms with Crippen molar-refractivity contribution in [2.75, 3.05) is 25.0 Å². The second-order valence-corrected chi connectivity index (χ2v) is 11.3. The lowest BCUT2D eigenvalue weighted by Gasteiger charge is -2.31. The van der Waals surface area contributed by atoms with Gasteiger partial charge in [0.05, 0.1) is 17.1 Å². The highest BCUT2D eigenvalue weighted by molar-refractivity contribution is 6.41. The van der Waals surface area contributed by atoms with E-state index in [9.17, 15) is 41.5 Å². The van der Waals surface area contributed by atoms with Gasteiger partial charge in [-0.3, -0.25) is 24.0 Å². The highest BCUT2D eigenvalue weighted by Crippen LogP contribution is 2.27. The first-order chi connectivity index (χ1) is 22.6. The first-order valence-electron chi connectivity index (χ1n) is 15.4. The number of rotatable bonds is 9. The van der Waals surface area contributed by atoms with Crippen molar-refractivity contribution in [3.63, 3.8) is 0 Å². The predicted molar refractivity (Wildman–Crippen MR) is 171 cm³/mol. The first-order valence-corrected chi connectivity index (χ1v) is 15.8. The summed E-state index contributed by atoms with van der Waals surface area (Å²) in [6.07, 6.45) is -0.493. The van der Waals surface area contributed by atoms with Crippen LogP contribution in [-0.4, -0.2) is 65.7 Å². The van der Waals surface area contributed by atoms with Crippen LogP contribution in [0.3, 0.4) is 0 Å². The molecule has 2 aromatic carbocycles. The summed E-state index contributed by atoms with van der Waals surface area (Å²) in [6.45, 7) is 11.6. The SMILES string of the molecule is CC.CC.CC(C)(C)OC(=O)CC(NC(=O)C1CCN(C(=O)C(=O)Nc2ccccc2Cl)CC1)C(=O)COc1c(F)c(F)cc(F)c1F. The van der Waals surface area contributed by atoms with Crippen LogP contribution in [0, 0.1) is 29.2 Å². The van der Waals surface area contributed by atoms with Gasteiger partial charge in [-0.1, -0.05) is 51.4 Å². The van der Waals surface area contributed by atoms with Crippen LogP contribution in [0.1, 0.15) is 67.7 Å². The van der Waals surface area contributed by atoms with Gasteiger partial charge in [-0.05, 0) is 45.7 Å². The molecule has 1 saturated heterocycles. The number of nitrogens with one attached hydrogen (secondary N) is 2. The van der Waals surface area contributed by atoms with Crippen LogP contribution >= 0.6 is 11.6 Å². The Bertz CT molecular complexity index is 1420. The van der Waals surface area contributed by atoms with Gasteiger partial charge in [0, 0.05) is 25.1 Å². The Balaban J connectivity index is 0.00000277. The molecule has 3 rings (SSSR count). The number of carbonyl (C=O) groups excluding carboxylic acids is 5. The van der Waals surface area contributed by atoms with Crippen LogP contribution in [0.4, 0.5) is 23.2 Å². The number of piperidine rings is 1. The number of carbonyl (C=O) groups is 5. The van der Waals surface area contributed by atoms with E-state index in [-0.39, 0.29) is 42.7 Å². The van der Waals surface area contributed by atoms with Gasteiger partial charge in [0.25, 0.3) is 0 Å². The van der Waals surface area contributed by atoms with Gasteiger partial charge in [-0.2, -0.15) is 8.78 Å². The number of nitrogens with zero attached hydrogens (tertiary/aromatic N) is 1. The van der Waals surface area contributed by atoms with E-state index < -0.39 is 89.1 Å². The van der Waals surface area contributed by atoms with Crippen molar-refractivity contribution < 1.29 is 51.0 Å². The van der Waals surface area contributed by atoms with Crippen molar-refractivity contribution in [2.24, 2.45) is 5.92 Å². The molecule has 1 unspecified atom stereocenters. The van der Waals surface area contributed by atoms with Crippen LogP contribution < -0.4 is 15.4 Å². The molecule has 0 radical (unpaired) electrons. The summed E-state index contributed by atoms with van der Waals surface area (Å²) in [6, 6.07) is 4.71. The molecule has 48 heavy (non-hydrogen) atoms. The molecule has 0 spiro atoms. The molecule has 0 aromatic heterocycles. The Morgan fingerprint density at radius 2 is 1.48 bits per heavy atom. The molecule has 1 aliphatic rings. The molecule has 1 heterocycles. The minimum absolute atomic E-state index is 0.0182. The van der Waals surface area contributed by atoms with E-state index in [1.54, 1.807) is 32.9 Å². The van der Waals surface area contributed by atoms with E-state index in [1.807, 2.05) is 27.7 Å². The van der Waals surface area contributed by atoms with Crippen LogP contribution in [0.2, 0.25) is 5.02 Å². The number of benzene rings is 2. The molecule has 266 valence electrons. The molecule has 1 fully saturated rings. The lowest BCUT2D eigenvalue weighted by molar-refractivity contribution is -0.156. The molecular weight excluding hydrogens is 662 g/mol. The van der Waals surface area contributed by atoms with E-state index in [0.29, 0.717) is 0 Å². The highest BCUT2D eigenvalue weighted by Gasteiger charge is 2.34. The second kappa shape index (κ2) is 19.6. The summed E-state index contributed by atoms with van der Waals surface area (Å²) in [7, 11) is 0. The molecule has 2 N–H and O–H groups in total. The average molecular weight is 704 g/mol. The highest BCUT2D eigenvalue weighted by atomic mass is 35.5. The minimum Gasteiger partial charge on any atom is -0.479 e. The van der Waals surface area contributed by atoms with Gasteiger partial charge in [-0.15, -0.1) is 0 Å². The first kappa shape index (κ1) is 41.8. The van der Waals surface area contributed by atoms with Gasteiger partial charge in [0.2, 0.25) is 17.5 Å². The van der Waals surface area contributed by atoms with Crippen LogP contribution in [-0.2, 0) is 28.7 Å². The quantitative estimate of drug-likeness (QED) is 0.142. The fraction of sp³-hybridized carbons (Fsp3) is 0.485. The Hall–Kier alpha value is -4.20. The summed E-state index contributed by atoms with van der Waals surface area (Å²) in [4.78, 5) is 64.8. The summed E-state index contributed by atoms with van der Waals surface area (Å²) < 4.78 is 65.0. The van der Waals surface area contributed by atoms with Gasteiger partial charge < -0.3 is 25.0 Å². The number of anilines is 1. The van der Waals surface area contributed by atoms with Crippen molar-refractivity contribution in [3.05, 3.63) is 58.6 Å². The van der Waals surface area contributed by atoms with Crippen LogP contribution in [0.5, 0.6) is 5.75 Å². The van der Waals surface area contributed by atoms with Crippen molar-refractivity contribution in [1.29, 1.82) is 0 Å².